The van der Waals surface area contributed by atoms with Gasteiger partial charge >= 0.3 is 6.18 Å². The highest BCUT2D eigenvalue weighted by atomic mass is 19.4. The minimum atomic E-state index is -4.70. The summed E-state index contributed by atoms with van der Waals surface area (Å²) in [4.78, 5) is 21.8. The summed E-state index contributed by atoms with van der Waals surface area (Å²) in [5, 5.41) is 9.25. The fourth-order valence-electron chi connectivity index (χ4n) is 4.72. The summed E-state index contributed by atoms with van der Waals surface area (Å²) in [6.45, 7) is 8.11. The van der Waals surface area contributed by atoms with E-state index >= 15 is 0 Å². The van der Waals surface area contributed by atoms with Crippen LogP contribution in [-0.4, -0.2) is 41.4 Å². The molecule has 1 aromatic heterocycles. The first-order chi connectivity index (χ1) is 23.0. The summed E-state index contributed by atoms with van der Waals surface area (Å²) in [5.41, 5.74) is 7.87. The third kappa shape index (κ3) is 10.6. The van der Waals surface area contributed by atoms with E-state index in [9.17, 15) is 18.0 Å². The number of benzene rings is 2. The van der Waals surface area contributed by atoms with Crippen LogP contribution in [0.15, 0.2) is 103 Å². The number of allylic oxidation sites excluding steroid dienone is 3. The Morgan fingerprint density at radius 3 is 2.33 bits per heavy atom. The highest BCUT2D eigenvalue weighted by molar-refractivity contribution is 5.98. The van der Waals surface area contributed by atoms with Crippen LogP contribution in [0.2, 0.25) is 0 Å². The van der Waals surface area contributed by atoms with Crippen molar-refractivity contribution in [1.82, 2.24) is 20.6 Å². The molecule has 0 fully saturated rings. The van der Waals surface area contributed by atoms with E-state index in [1.807, 2.05) is 68.4 Å². The highest BCUT2D eigenvalue weighted by Crippen LogP contribution is 2.31. The van der Waals surface area contributed by atoms with Gasteiger partial charge in [0.05, 0.1) is 5.57 Å². The summed E-state index contributed by atoms with van der Waals surface area (Å²) in [6.07, 6.45) is 7.36. The van der Waals surface area contributed by atoms with Crippen LogP contribution >= 0.6 is 0 Å². The van der Waals surface area contributed by atoms with Gasteiger partial charge in [-0.3, -0.25) is 10.1 Å². The molecule has 1 heterocycles. The normalized spacial score (nSPS) is 13.6. The summed E-state index contributed by atoms with van der Waals surface area (Å²) in [5.74, 6) is 2.38. The second-order valence-electron chi connectivity index (χ2n) is 10.7. The molecule has 0 saturated heterocycles. The van der Waals surface area contributed by atoms with Crippen LogP contribution in [0.25, 0.3) is 11.1 Å². The number of nitrogens with two attached hydrogens (primary N) is 1. The largest absolute Gasteiger partial charge is 0.461 e. The maximum atomic E-state index is 13.7. The van der Waals surface area contributed by atoms with Crippen molar-refractivity contribution in [2.75, 3.05) is 12.4 Å². The van der Waals surface area contributed by atoms with Gasteiger partial charge in [-0.15, -0.1) is 6.42 Å². The van der Waals surface area contributed by atoms with Crippen LogP contribution in [0, 0.1) is 12.3 Å². The molecule has 0 aliphatic heterocycles. The third-order valence-electron chi connectivity index (χ3n) is 7.22. The van der Waals surface area contributed by atoms with Crippen molar-refractivity contribution in [2.45, 2.75) is 58.0 Å². The van der Waals surface area contributed by atoms with Gasteiger partial charge in [0.2, 0.25) is 11.7 Å². The monoisotopic (exact) mass is 658 g/mol. The molecule has 0 saturated carbocycles. The zero-order valence-corrected chi connectivity index (χ0v) is 27.3. The SMILES string of the molecule is C#Cc1ncc(/C(=C/C(=C\N)C(F)(F)F)CC(NC)O/C(=C/CC)NC(CCC)C(=O)Nc2ccccc2C(=C)c2ccccc2)cn1. The van der Waals surface area contributed by atoms with Gasteiger partial charge in [0.15, 0.2) is 12.1 Å². The molecule has 2 aromatic carbocycles. The smallest absolute Gasteiger partial charge is 0.417 e. The van der Waals surface area contributed by atoms with Crippen molar-refractivity contribution in [3.8, 4) is 12.3 Å². The number of ether oxygens (including phenoxy) is 1. The van der Waals surface area contributed by atoms with Crippen LogP contribution in [0.4, 0.5) is 18.9 Å². The molecule has 0 aliphatic carbocycles. The Labute approximate surface area is 280 Å². The van der Waals surface area contributed by atoms with Crippen LogP contribution in [0.3, 0.4) is 0 Å². The van der Waals surface area contributed by atoms with E-state index in [0.29, 0.717) is 36.7 Å². The molecule has 0 bridgehead atoms. The van der Waals surface area contributed by atoms with Crippen LogP contribution in [0.5, 0.6) is 0 Å². The second-order valence-corrected chi connectivity index (χ2v) is 10.7. The molecule has 0 radical (unpaired) electrons. The zero-order valence-electron chi connectivity index (χ0n) is 27.3. The lowest BCUT2D eigenvalue weighted by Gasteiger charge is -2.26. The van der Waals surface area contributed by atoms with E-state index < -0.39 is 24.0 Å². The predicted octanol–water partition coefficient (Wildman–Crippen LogP) is 6.91. The molecular formula is C37H41F3N6O2. The number of carbonyl (C=O) groups is 1. The minimum absolute atomic E-state index is 0.0506. The van der Waals surface area contributed by atoms with Gasteiger partial charge in [-0.1, -0.05) is 75.4 Å². The summed E-state index contributed by atoms with van der Waals surface area (Å²) < 4.78 is 47.3. The van der Waals surface area contributed by atoms with Gasteiger partial charge in [-0.05, 0) is 60.7 Å². The number of nitrogens with one attached hydrogen (secondary N) is 3. The fourth-order valence-corrected chi connectivity index (χ4v) is 4.72. The number of terminal acetylenes is 1. The molecule has 0 aliphatic rings. The number of rotatable bonds is 16. The van der Waals surface area contributed by atoms with Crippen molar-refractivity contribution >= 4 is 22.7 Å². The Balaban J connectivity index is 1.86. The van der Waals surface area contributed by atoms with E-state index in [0.717, 1.165) is 22.8 Å². The summed E-state index contributed by atoms with van der Waals surface area (Å²) in [7, 11) is 1.61. The number of amides is 1. The maximum absolute atomic E-state index is 13.7. The molecular weight excluding hydrogens is 617 g/mol. The summed E-state index contributed by atoms with van der Waals surface area (Å²) >= 11 is 0. The topological polar surface area (TPSA) is 114 Å². The molecule has 3 rings (SSSR count). The Kier molecular flexibility index (Phi) is 14.0. The van der Waals surface area contributed by atoms with E-state index in [1.54, 1.807) is 13.1 Å². The molecule has 8 nitrogen and oxygen atoms in total. The standard InChI is InChI=1S/C37H41F3N6O2/c1-6-14-32(36(47)46-31-19-13-12-18-30(31)25(4)26-16-10-9-11-17-26)45-34(15-7-2)48-35(42-5)21-27(20-29(22-41)37(38,39)40)28-23-43-33(8-3)44-24-28/h3,9-13,15-20,22-24,32,35,42,45H,4,6-7,14,21,41H2,1-2,5H3,(H,46,47)/b27-20+,29-22+,34-15+. The molecule has 2 atom stereocenters. The van der Waals surface area contributed by atoms with E-state index in [-0.39, 0.29) is 29.6 Å². The average molecular weight is 659 g/mol. The lowest BCUT2D eigenvalue weighted by molar-refractivity contribution is -0.118. The number of para-hydroxylation sites is 1. The van der Waals surface area contributed by atoms with Crippen molar-refractivity contribution in [3.63, 3.8) is 0 Å². The van der Waals surface area contributed by atoms with Gasteiger partial charge < -0.3 is 21.1 Å². The number of anilines is 1. The molecule has 48 heavy (non-hydrogen) atoms. The molecule has 11 heteroatoms. The third-order valence-corrected chi connectivity index (χ3v) is 7.22. The number of nitrogens with zero attached hydrogens (tertiary/aromatic N) is 2. The Bertz CT molecular complexity index is 1660. The average Bonchev–Trinajstić information content (AvgIpc) is 3.09. The first-order valence-electron chi connectivity index (χ1n) is 15.5. The number of aromatic nitrogens is 2. The molecule has 5 N–H and O–H groups in total. The quantitative estimate of drug-likeness (QED) is 0.0573. The van der Waals surface area contributed by atoms with Gasteiger partial charge in [0.25, 0.3) is 0 Å². The predicted molar refractivity (Wildman–Crippen MR) is 185 cm³/mol. The molecule has 1 amide bonds. The van der Waals surface area contributed by atoms with Gasteiger partial charge in [0.1, 0.15) is 6.04 Å². The van der Waals surface area contributed by atoms with Crippen LogP contribution in [-0.2, 0) is 9.53 Å². The van der Waals surface area contributed by atoms with Crippen molar-refractivity contribution in [2.24, 2.45) is 5.73 Å². The van der Waals surface area contributed by atoms with Gasteiger partial charge in [0, 0.05) is 41.8 Å². The van der Waals surface area contributed by atoms with E-state index in [2.05, 4.69) is 38.4 Å². The molecule has 2 unspecified atom stereocenters. The van der Waals surface area contributed by atoms with E-state index in [4.69, 9.17) is 16.9 Å². The maximum Gasteiger partial charge on any atom is 0.417 e. The van der Waals surface area contributed by atoms with Crippen LogP contribution in [0.1, 0.15) is 62.0 Å². The van der Waals surface area contributed by atoms with Crippen molar-refractivity contribution in [1.29, 1.82) is 0 Å². The number of carbonyl (C=O) groups excluding carboxylic acids is 1. The second kappa shape index (κ2) is 18.1. The fraction of sp³-hybridized carbons (Fsp3) is 0.270. The minimum Gasteiger partial charge on any atom is -0.461 e. The Morgan fingerprint density at radius 2 is 1.75 bits per heavy atom. The molecule has 252 valence electrons. The number of halogens is 3. The van der Waals surface area contributed by atoms with E-state index in [1.165, 1.54) is 12.4 Å². The first-order valence-corrected chi connectivity index (χ1v) is 15.5. The Morgan fingerprint density at radius 1 is 1.08 bits per heavy atom. The molecule has 3 aromatic rings. The lowest BCUT2D eigenvalue weighted by Crippen LogP contribution is -2.42. The number of alkyl halides is 3. The first kappa shape index (κ1) is 37.1. The lowest BCUT2D eigenvalue weighted by atomic mass is 9.98. The summed E-state index contributed by atoms with van der Waals surface area (Å²) in [6, 6.07) is 16.4. The molecule has 0 spiro atoms. The number of hydrogen-bond acceptors (Lipinski definition) is 7. The van der Waals surface area contributed by atoms with Gasteiger partial charge in [-0.25, -0.2) is 9.97 Å². The number of hydrogen-bond donors (Lipinski definition) is 4. The van der Waals surface area contributed by atoms with Crippen molar-refractivity contribution < 1.29 is 22.7 Å². The van der Waals surface area contributed by atoms with Crippen molar-refractivity contribution in [3.05, 3.63) is 126 Å². The van der Waals surface area contributed by atoms with Crippen LogP contribution < -0.4 is 21.7 Å². The van der Waals surface area contributed by atoms with Gasteiger partial charge in [-0.2, -0.15) is 13.2 Å². The Hall–Kier alpha value is -5.34. The zero-order chi connectivity index (χ0) is 35.1. The highest BCUT2D eigenvalue weighted by Gasteiger charge is 2.32.